The van der Waals surface area contributed by atoms with Crippen molar-refractivity contribution in [2.45, 2.75) is 39.5 Å². The second-order valence-electron chi connectivity index (χ2n) is 8.07. The lowest BCUT2D eigenvalue weighted by Gasteiger charge is -2.37. The zero-order valence-electron chi connectivity index (χ0n) is 17.4. The van der Waals surface area contributed by atoms with E-state index in [9.17, 15) is 10.1 Å². The summed E-state index contributed by atoms with van der Waals surface area (Å²) >= 11 is 6.51. The van der Waals surface area contributed by atoms with E-state index in [1.54, 1.807) is 18.2 Å². The Labute approximate surface area is 181 Å². The number of hydrogen-bond acceptors (Lipinski definition) is 6. The number of nitriles is 1. The number of nitrogens with zero attached hydrogens (tertiary/aromatic N) is 1. The molecular weight excluding hydrogens is 404 g/mol. The fraction of sp³-hybridized carbons (Fsp3) is 0.391. The van der Waals surface area contributed by atoms with Crippen molar-refractivity contribution in [3.8, 4) is 17.6 Å². The Hall–Kier alpha value is -2.91. The van der Waals surface area contributed by atoms with Crippen LogP contribution in [0.4, 0.5) is 0 Å². The number of nitrogens with two attached hydrogens (primary N) is 1. The van der Waals surface area contributed by atoms with Gasteiger partial charge in [0.2, 0.25) is 5.88 Å². The third-order valence-electron chi connectivity index (χ3n) is 5.09. The maximum absolute atomic E-state index is 13.1. The lowest BCUT2D eigenvalue weighted by atomic mass is 9.70. The van der Waals surface area contributed by atoms with E-state index in [2.05, 4.69) is 12.6 Å². The molecule has 1 atom stereocenters. The summed E-state index contributed by atoms with van der Waals surface area (Å²) in [7, 11) is 0. The van der Waals surface area contributed by atoms with Crippen LogP contribution < -0.4 is 15.2 Å². The van der Waals surface area contributed by atoms with Gasteiger partial charge >= 0.3 is 0 Å². The van der Waals surface area contributed by atoms with Gasteiger partial charge in [0.1, 0.15) is 24.0 Å². The van der Waals surface area contributed by atoms with E-state index in [1.807, 2.05) is 20.8 Å². The summed E-state index contributed by atoms with van der Waals surface area (Å²) in [6, 6.07) is 5.53. The maximum atomic E-state index is 13.1. The van der Waals surface area contributed by atoms with Crippen molar-refractivity contribution in [3.05, 3.63) is 58.2 Å². The minimum Gasteiger partial charge on any atom is -0.490 e. The van der Waals surface area contributed by atoms with Crippen molar-refractivity contribution in [1.82, 2.24) is 0 Å². The summed E-state index contributed by atoms with van der Waals surface area (Å²) in [5.74, 6) is 0.594. The second kappa shape index (κ2) is 8.45. The van der Waals surface area contributed by atoms with Gasteiger partial charge in [-0.05, 0) is 30.0 Å². The number of carbonyl (C=O) groups excluding carboxylic acids is 1. The molecule has 0 bridgehead atoms. The maximum Gasteiger partial charge on any atom is 0.205 e. The molecule has 0 spiro atoms. The van der Waals surface area contributed by atoms with Crippen LogP contribution >= 0.6 is 11.6 Å². The molecule has 6 nitrogen and oxygen atoms in total. The third-order valence-corrected chi connectivity index (χ3v) is 5.37. The summed E-state index contributed by atoms with van der Waals surface area (Å²) in [5, 5.41) is 10.1. The molecule has 1 aromatic rings. The molecule has 1 heterocycles. The average molecular weight is 429 g/mol. The summed E-state index contributed by atoms with van der Waals surface area (Å²) in [4.78, 5) is 13.1. The number of Topliss-reactive ketones (excluding diaryl/α,β-unsaturated/α-hetero) is 1. The smallest absolute Gasteiger partial charge is 0.205 e. The van der Waals surface area contributed by atoms with Crippen LogP contribution in [0.15, 0.2) is 47.6 Å². The van der Waals surface area contributed by atoms with Crippen molar-refractivity contribution in [3.63, 3.8) is 0 Å². The molecule has 7 heteroatoms. The van der Waals surface area contributed by atoms with Gasteiger partial charge in [0.15, 0.2) is 17.3 Å². The quantitative estimate of drug-likeness (QED) is 0.656. The number of allylic oxidation sites excluding steroid dienone is 3. The summed E-state index contributed by atoms with van der Waals surface area (Å²) < 4.78 is 17.1. The normalized spacial score (nSPS) is 20.2. The van der Waals surface area contributed by atoms with Gasteiger partial charge in [0, 0.05) is 18.4 Å². The van der Waals surface area contributed by atoms with Crippen LogP contribution in [0.5, 0.6) is 11.5 Å². The molecule has 3 rings (SSSR count). The van der Waals surface area contributed by atoms with Crippen LogP contribution in [0.2, 0.25) is 5.02 Å². The summed E-state index contributed by atoms with van der Waals surface area (Å²) in [6.07, 6.45) is 2.52. The molecule has 0 radical (unpaired) electrons. The monoisotopic (exact) mass is 428 g/mol. The number of halogens is 1. The first-order valence-electron chi connectivity index (χ1n) is 9.76. The Bertz CT molecular complexity index is 1000. The molecule has 2 N–H and O–H groups in total. The highest BCUT2D eigenvalue weighted by atomic mass is 35.5. The first-order valence-corrected chi connectivity index (χ1v) is 10.1. The van der Waals surface area contributed by atoms with Gasteiger partial charge in [-0.1, -0.05) is 38.1 Å². The fourth-order valence-corrected chi connectivity index (χ4v) is 4.19. The van der Waals surface area contributed by atoms with E-state index < -0.39 is 5.92 Å². The van der Waals surface area contributed by atoms with E-state index in [0.29, 0.717) is 52.9 Å². The van der Waals surface area contributed by atoms with Crippen LogP contribution in [-0.2, 0) is 9.53 Å². The summed E-state index contributed by atoms with van der Waals surface area (Å²) in [6.45, 7) is 10.1. The number of carbonyl (C=O) groups is 1. The minimum absolute atomic E-state index is 0.00724. The Kier molecular flexibility index (Phi) is 6.14. The lowest BCUT2D eigenvalue weighted by Crippen LogP contribution is -2.33. The van der Waals surface area contributed by atoms with E-state index in [-0.39, 0.29) is 29.3 Å². The van der Waals surface area contributed by atoms with Crippen LogP contribution in [0.25, 0.3) is 0 Å². The predicted molar refractivity (Wildman–Crippen MR) is 114 cm³/mol. The van der Waals surface area contributed by atoms with Gasteiger partial charge < -0.3 is 19.9 Å². The standard InChI is InChI=1S/C23H25ClN2O4/c1-5-7-29-21-15(24)8-13(9-17(21)28-6-2)19-14(12-25)22(26)30-18-11-23(3,4)10-16(27)20(18)19/h5,8-9,19H,1,6-7,10-11,26H2,2-4H3/t19-/m1/s1. The van der Waals surface area contributed by atoms with Crippen LogP contribution in [-0.4, -0.2) is 19.0 Å². The Morgan fingerprint density at radius 2 is 2.13 bits per heavy atom. The molecule has 0 aromatic heterocycles. The predicted octanol–water partition coefficient (Wildman–Crippen LogP) is 4.75. The van der Waals surface area contributed by atoms with Crippen LogP contribution in [0, 0.1) is 16.7 Å². The molecule has 1 aromatic carbocycles. The zero-order chi connectivity index (χ0) is 22.1. The van der Waals surface area contributed by atoms with E-state index in [0.717, 1.165) is 0 Å². The van der Waals surface area contributed by atoms with E-state index in [4.69, 9.17) is 31.5 Å². The topological polar surface area (TPSA) is 94.6 Å². The highest BCUT2D eigenvalue weighted by molar-refractivity contribution is 6.32. The van der Waals surface area contributed by atoms with Gasteiger partial charge in [-0.3, -0.25) is 4.79 Å². The summed E-state index contributed by atoms with van der Waals surface area (Å²) in [5.41, 5.74) is 7.09. The molecule has 0 saturated carbocycles. The Balaban J connectivity index is 2.19. The molecule has 0 amide bonds. The SMILES string of the molecule is C=CCOc1c(Cl)cc([C@@H]2C(C#N)=C(N)OC3=C2C(=O)CC(C)(C)C3)cc1OCC. The molecule has 1 aliphatic heterocycles. The molecule has 0 saturated heterocycles. The van der Waals surface area contributed by atoms with E-state index >= 15 is 0 Å². The molecule has 1 aliphatic carbocycles. The lowest BCUT2D eigenvalue weighted by molar-refractivity contribution is -0.119. The van der Waals surface area contributed by atoms with Crippen molar-refractivity contribution in [2.75, 3.05) is 13.2 Å². The molecule has 0 unspecified atom stereocenters. The van der Waals surface area contributed by atoms with Crippen molar-refractivity contribution in [1.29, 1.82) is 5.26 Å². The van der Waals surface area contributed by atoms with Gasteiger partial charge in [-0.15, -0.1) is 0 Å². The second-order valence-corrected chi connectivity index (χ2v) is 8.47. The number of ketones is 1. The van der Waals surface area contributed by atoms with Crippen LogP contribution in [0.3, 0.4) is 0 Å². The number of benzene rings is 1. The molecule has 0 fully saturated rings. The first kappa shape index (κ1) is 21.8. The van der Waals surface area contributed by atoms with Crippen molar-refractivity contribution < 1.29 is 19.0 Å². The van der Waals surface area contributed by atoms with Gasteiger partial charge in [-0.2, -0.15) is 5.26 Å². The van der Waals surface area contributed by atoms with Crippen molar-refractivity contribution >= 4 is 17.4 Å². The highest BCUT2D eigenvalue weighted by Gasteiger charge is 2.43. The Morgan fingerprint density at radius 1 is 1.40 bits per heavy atom. The first-order chi connectivity index (χ1) is 14.2. The van der Waals surface area contributed by atoms with Gasteiger partial charge in [0.05, 0.1) is 17.5 Å². The van der Waals surface area contributed by atoms with Crippen molar-refractivity contribution in [2.24, 2.45) is 11.1 Å². The zero-order valence-corrected chi connectivity index (χ0v) is 18.1. The third kappa shape index (κ3) is 4.03. The van der Waals surface area contributed by atoms with Crippen LogP contribution in [0.1, 0.15) is 45.1 Å². The largest absolute Gasteiger partial charge is 0.490 e. The Morgan fingerprint density at radius 3 is 2.77 bits per heavy atom. The molecule has 2 aliphatic rings. The molecule has 30 heavy (non-hydrogen) atoms. The highest BCUT2D eigenvalue weighted by Crippen LogP contribution is 2.49. The number of hydrogen-bond donors (Lipinski definition) is 1. The molecule has 158 valence electrons. The molecular formula is C23H25ClN2O4. The number of rotatable bonds is 6. The average Bonchev–Trinajstić information content (AvgIpc) is 2.65. The fourth-order valence-electron chi connectivity index (χ4n) is 3.92. The van der Waals surface area contributed by atoms with Gasteiger partial charge in [0.25, 0.3) is 0 Å². The van der Waals surface area contributed by atoms with E-state index in [1.165, 1.54) is 0 Å². The minimum atomic E-state index is -0.674. The number of ether oxygens (including phenoxy) is 3. The van der Waals surface area contributed by atoms with Gasteiger partial charge in [-0.25, -0.2) is 0 Å².